The minimum atomic E-state index is -0.411. The SMILES string of the molecule is Cc1ccc(NC2(C(=O)N(C)C[C@H]3CCCNC3)CCCC2)cc1. The van der Waals surface area contributed by atoms with Crippen LogP contribution in [0.3, 0.4) is 0 Å². The zero-order chi connectivity index (χ0) is 17.0. The normalized spacial score (nSPS) is 23.0. The Morgan fingerprint density at radius 2 is 1.96 bits per heavy atom. The Morgan fingerprint density at radius 3 is 2.58 bits per heavy atom. The summed E-state index contributed by atoms with van der Waals surface area (Å²) in [5.41, 5.74) is 1.89. The Bertz CT molecular complexity index is 543. The summed E-state index contributed by atoms with van der Waals surface area (Å²) in [5.74, 6) is 0.858. The number of aryl methyl sites for hydroxylation is 1. The van der Waals surface area contributed by atoms with Gasteiger partial charge in [-0.3, -0.25) is 4.79 Å². The van der Waals surface area contributed by atoms with Gasteiger partial charge in [-0.2, -0.15) is 0 Å². The molecule has 1 aromatic rings. The van der Waals surface area contributed by atoms with Gasteiger partial charge in [0.05, 0.1) is 0 Å². The number of carbonyl (C=O) groups is 1. The van der Waals surface area contributed by atoms with Gasteiger partial charge in [-0.15, -0.1) is 0 Å². The Labute approximate surface area is 146 Å². The lowest BCUT2D eigenvalue weighted by Gasteiger charge is -2.36. The summed E-state index contributed by atoms with van der Waals surface area (Å²) in [5, 5.41) is 7.04. The third-order valence-electron chi connectivity index (χ3n) is 5.58. The van der Waals surface area contributed by atoms with Gasteiger partial charge in [0.1, 0.15) is 5.54 Å². The summed E-state index contributed by atoms with van der Waals surface area (Å²) in [6.45, 7) is 5.11. The molecule has 0 unspecified atom stereocenters. The standard InChI is InChI=1S/C20H31N3O/c1-16-7-9-18(10-8-16)22-20(11-3-4-12-20)19(24)23(2)15-17-6-5-13-21-14-17/h7-10,17,21-22H,3-6,11-15H2,1-2H3/t17-/m0/s1. The average molecular weight is 329 g/mol. The van der Waals surface area contributed by atoms with Gasteiger partial charge in [-0.05, 0) is 63.7 Å². The van der Waals surface area contributed by atoms with Gasteiger partial charge >= 0.3 is 0 Å². The van der Waals surface area contributed by atoms with Crippen LogP contribution in [-0.4, -0.2) is 43.0 Å². The van der Waals surface area contributed by atoms with Gasteiger partial charge in [0.15, 0.2) is 0 Å². The Hall–Kier alpha value is -1.55. The minimum Gasteiger partial charge on any atom is -0.371 e. The molecule has 24 heavy (non-hydrogen) atoms. The van der Waals surface area contributed by atoms with Crippen molar-refractivity contribution >= 4 is 11.6 Å². The van der Waals surface area contributed by atoms with Crippen LogP contribution >= 0.6 is 0 Å². The molecule has 2 N–H and O–H groups in total. The van der Waals surface area contributed by atoms with Crippen LogP contribution in [0.2, 0.25) is 0 Å². The van der Waals surface area contributed by atoms with E-state index in [4.69, 9.17) is 0 Å². The molecule has 1 atom stereocenters. The second-order valence-electron chi connectivity index (χ2n) is 7.68. The second-order valence-corrected chi connectivity index (χ2v) is 7.68. The van der Waals surface area contributed by atoms with Crippen LogP contribution in [0.15, 0.2) is 24.3 Å². The average Bonchev–Trinajstić information content (AvgIpc) is 3.07. The monoisotopic (exact) mass is 329 g/mol. The highest BCUT2D eigenvalue weighted by Gasteiger charge is 2.43. The van der Waals surface area contributed by atoms with Gasteiger partial charge in [0.25, 0.3) is 0 Å². The number of nitrogens with one attached hydrogen (secondary N) is 2. The Balaban J connectivity index is 1.68. The van der Waals surface area contributed by atoms with Crippen molar-refractivity contribution < 1.29 is 4.79 Å². The van der Waals surface area contributed by atoms with E-state index < -0.39 is 5.54 Å². The lowest BCUT2D eigenvalue weighted by Crippen LogP contribution is -2.53. The zero-order valence-electron chi connectivity index (χ0n) is 15.1. The number of likely N-dealkylation sites (N-methyl/N-ethyl adjacent to an activating group) is 1. The number of piperidine rings is 1. The zero-order valence-corrected chi connectivity index (χ0v) is 15.1. The molecule has 0 bridgehead atoms. The van der Waals surface area contributed by atoms with Crippen LogP contribution in [0.25, 0.3) is 0 Å². The Morgan fingerprint density at radius 1 is 1.25 bits per heavy atom. The molecular weight excluding hydrogens is 298 g/mol. The summed E-state index contributed by atoms with van der Waals surface area (Å²) in [4.78, 5) is 15.2. The number of carbonyl (C=O) groups excluding carboxylic acids is 1. The van der Waals surface area contributed by atoms with Crippen molar-refractivity contribution in [2.75, 3.05) is 32.0 Å². The number of amides is 1. The third-order valence-corrected chi connectivity index (χ3v) is 5.58. The second kappa shape index (κ2) is 7.56. The third kappa shape index (κ3) is 3.92. The number of benzene rings is 1. The molecule has 0 spiro atoms. The summed E-state index contributed by atoms with van der Waals surface area (Å²) >= 11 is 0. The van der Waals surface area contributed by atoms with E-state index >= 15 is 0 Å². The topological polar surface area (TPSA) is 44.4 Å². The van der Waals surface area contributed by atoms with Gasteiger partial charge in [-0.1, -0.05) is 30.5 Å². The van der Waals surface area contributed by atoms with Gasteiger partial charge < -0.3 is 15.5 Å². The maximum atomic E-state index is 13.3. The molecule has 1 aliphatic carbocycles. The molecular formula is C20H31N3O. The molecule has 2 aliphatic rings. The fourth-order valence-electron chi connectivity index (χ4n) is 4.20. The molecule has 1 heterocycles. The van der Waals surface area contributed by atoms with Crippen LogP contribution in [-0.2, 0) is 4.79 Å². The first-order valence-corrected chi connectivity index (χ1v) is 9.40. The summed E-state index contributed by atoms with van der Waals surface area (Å²) in [6, 6.07) is 8.39. The predicted octanol–water partition coefficient (Wildman–Crippen LogP) is 3.18. The number of anilines is 1. The van der Waals surface area contributed by atoms with Crippen LogP contribution in [0.1, 0.15) is 44.1 Å². The van der Waals surface area contributed by atoms with Crippen LogP contribution in [0, 0.1) is 12.8 Å². The smallest absolute Gasteiger partial charge is 0.247 e. The van der Waals surface area contributed by atoms with Crippen molar-refractivity contribution in [1.29, 1.82) is 0 Å². The highest BCUT2D eigenvalue weighted by atomic mass is 16.2. The van der Waals surface area contributed by atoms with E-state index in [0.29, 0.717) is 5.92 Å². The molecule has 1 amide bonds. The quantitative estimate of drug-likeness (QED) is 0.872. The maximum Gasteiger partial charge on any atom is 0.247 e. The lowest BCUT2D eigenvalue weighted by molar-refractivity contribution is -0.135. The number of hydrogen-bond acceptors (Lipinski definition) is 3. The molecule has 1 aromatic carbocycles. The summed E-state index contributed by atoms with van der Waals surface area (Å²) in [7, 11) is 1.98. The van der Waals surface area contributed by atoms with E-state index in [9.17, 15) is 4.79 Å². The first kappa shape index (κ1) is 17.3. The number of hydrogen-bond donors (Lipinski definition) is 2. The molecule has 0 aromatic heterocycles. The van der Waals surface area contributed by atoms with E-state index in [0.717, 1.165) is 51.0 Å². The van der Waals surface area contributed by atoms with Gasteiger partial charge in [0, 0.05) is 19.3 Å². The van der Waals surface area contributed by atoms with Crippen molar-refractivity contribution in [2.45, 2.75) is 51.0 Å². The van der Waals surface area contributed by atoms with Crippen molar-refractivity contribution in [1.82, 2.24) is 10.2 Å². The highest BCUT2D eigenvalue weighted by molar-refractivity contribution is 5.89. The van der Waals surface area contributed by atoms with Crippen molar-refractivity contribution in [3.8, 4) is 0 Å². The van der Waals surface area contributed by atoms with Crippen molar-refractivity contribution in [3.05, 3.63) is 29.8 Å². The first-order valence-electron chi connectivity index (χ1n) is 9.40. The van der Waals surface area contributed by atoms with Gasteiger partial charge in [0.2, 0.25) is 5.91 Å². The predicted molar refractivity (Wildman–Crippen MR) is 99.2 cm³/mol. The van der Waals surface area contributed by atoms with Crippen LogP contribution in [0.4, 0.5) is 5.69 Å². The van der Waals surface area contributed by atoms with E-state index in [-0.39, 0.29) is 5.91 Å². The Kier molecular flexibility index (Phi) is 5.44. The maximum absolute atomic E-state index is 13.3. The molecule has 4 heteroatoms. The first-order chi connectivity index (χ1) is 11.6. The van der Waals surface area contributed by atoms with E-state index in [1.807, 2.05) is 11.9 Å². The van der Waals surface area contributed by atoms with Crippen LogP contribution < -0.4 is 10.6 Å². The molecule has 4 nitrogen and oxygen atoms in total. The largest absolute Gasteiger partial charge is 0.371 e. The molecule has 132 valence electrons. The van der Waals surface area contributed by atoms with Crippen molar-refractivity contribution in [3.63, 3.8) is 0 Å². The molecule has 1 saturated heterocycles. The summed E-state index contributed by atoms with van der Waals surface area (Å²) < 4.78 is 0. The van der Waals surface area contributed by atoms with E-state index in [1.54, 1.807) is 0 Å². The van der Waals surface area contributed by atoms with Crippen molar-refractivity contribution in [2.24, 2.45) is 5.92 Å². The number of rotatable bonds is 5. The molecule has 2 fully saturated rings. The molecule has 0 radical (unpaired) electrons. The fourth-order valence-corrected chi connectivity index (χ4v) is 4.20. The van der Waals surface area contributed by atoms with Crippen LogP contribution in [0.5, 0.6) is 0 Å². The lowest BCUT2D eigenvalue weighted by atomic mass is 9.93. The molecule has 1 aliphatic heterocycles. The van der Waals surface area contributed by atoms with Gasteiger partial charge in [-0.25, -0.2) is 0 Å². The summed E-state index contributed by atoms with van der Waals surface area (Å²) in [6.07, 6.45) is 6.58. The molecule has 3 rings (SSSR count). The molecule has 1 saturated carbocycles. The van der Waals surface area contributed by atoms with E-state index in [1.165, 1.54) is 18.4 Å². The minimum absolute atomic E-state index is 0.270. The fraction of sp³-hybridized carbons (Fsp3) is 0.650. The number of nitrogens with zero attached hydrogens (tertiary/aromatic N) is 1. The van der Waals surface area contributed by atoms with E-state index in [2.05, 4.69) is 41.8 Å². The highest BCUT2D eigenvalue weighted by Crippen LogP contribution is 2.35.